The molecule has 0 saturated heterocycles. The molecule has 0 aromatic rings. The molecule has 4 nitrogen and oxygen atoms in total. The van der Waals surface area contributed by atoms with Gasteiger partial charge in [0.2, 0.25) is 0 Å². The van der Waals surface area contributed by atoms with E-state index < -0.39 is 11.9 Å². The molecule has 0 saturated carbocycles. The molecule has 0 radical (unpaired) electrons. The highest BCUT2D eigenvalue weighted by Crippen LogP contribution is 2.30. The van der Waals surface area contributed by atoms with Gasteiger partial charge in [0, 0.05) is 11.5 Å². The van der Waals surface area contributed by atoms with Gasteiger partial charge in [-0.1, -0.05) is 45.4 Å². The van der Waals surface area contributed by atoms with Crippen molar-refractivity contribution in [2.24, 2.45) is 0 Å². The van der Waals surface area contributed by atoms with Gasteiger partial charge in [-0.05, 0) is 6.42 Å². The molecule has 0 rings (SSSR count). The molecule has 0 aliphatic carbocycles. The van der Waals surface area contributed by atoms with Crippen LogP contribution in [0.1, 0.15) is 64.7 Å². The van der Waals surface area contributed by atoms with E-state index in [1.165, 1.54) is 32.1 Å². The number of rotatable bonds is 15. The quantitative estimate of drug-likeness (QED) is 0.339. The Labute approximate surface area is 136 Å². The molecule has 0 fully saturated rings. The third-order valence-electron chi connectivity index (χ3n) is 3.03. The number of aliphatic carboxylic acids is 2. The Balaban J connectivity index is 3.82. The summed E-state index contributed by atoms with van der Waals surface area (Å²) in [6.07, 6.45) is 8.86. The molecule has 0 heterocycles. The highest BCUT2D eigenvalue weighted by Gasteiger charge is 2.11. The van der Waals surface area contributed by atoms with Gasteiger partial charge in [0.15, 0.2) is 0 Å². The molecule has 21 heavy (non-hydrogen) atoms. The molecule has 124 valence electrons. The van der Waals surface area contributed by atoms with E-state index in [0.29, 0.717) is 16.1 Å². The molecule has 0 aliphatic heterocycles. The van der Waals surface area contributed by atoms with Gasteiger partial charge in [-0.2, -0.15) is 0 Å². The van der Waals surface area contributed by atoms with E-state index in [0.717, 1.165) is 12.8 Å². The average Bonchev–Trinajstić information content (AvgIpc) is 2.41. The van der Waals surface area contributed by atoms with Gasteiger partial charge in [-0.25, -0.2) is 0 Å². The number of unbranched alkanes of at least 4 members (excludes halogenated alkanes) is 5. The molecule has 6 heteroatoms. The summed E-state index contributed by atoms with van der Waals surface area (Å²) in [5.74, 6) is -0.320. The third-order valence-corrected chi connectivity index (χ3v) is 5.94. The zero-order valence-electron chi connectivity index (χ0n) is 12.9. The van der Waals surface area contributed by atoms with Crippen LogP contribution in [0.25, 0.3) is 0 Å². The van der Waals surface area contributed by atoms with Crippen molar-refractivity contribution >= 4 is 35.5 Å². The molecule has 0 aliphatic rings. The van der Waals surface area contributed by atoms with Crippen molar-refractivity contribution in [3.8, 4) is 0 Å². The minimum Gasteiger partial charge on any atom is -0.481 e. The standard InChI is InChI=1S/C15H28O4S2/c1-2-3-4-5-6-7-8-15(20-11-9-13(16)17)21-12-10-14(18)19/h15H,2-12H2,1H3,(H,16,17)(H,18,19). The molecule has 0 aromatic carbocycles. The average molecular weight is 337 g/mol. The van der Waals surface area contributed by atoms with Gasteiger partial charge in [0.05, 0.1) is 17.4 Å². The van der Waals surface area contributed by atoms with Crippen molar-refractivity contribution in [3.63, 3.8) is 0 Å². The molecule has 2 N–H and O–H groups in total. The molecule has 0 unspecified atom stereocenters. The highest BCUT2D eigenvalue weighted by molar-refractivity contribution is 8.17. The Morgan fingerprint density at radius 1 is 0.857 bits per heavy atom. The van der Waals surface area contributed by atoms with Crippen LogP contribution in [-0.4, -0.2) is 38.2 Å². The van der Waals surface area contributed by atoms with Crippen LogP contribution in [-0.2, 0) is 9.59 Å². The smallest absolute Gasteiger partial charge is 0.304 e. The second kappa shape index (κ2) is 14.6. The summed E-state index contributed by atoms with van der Waals surface area (Å²) < 4.78 is 0.329. The minimum absolute atomic E-state index is 0.178. The molecule has 0 spiro atoms. The molecular weight excluding hydrogens is 308 g/mol. The highest BCUT2D eigenvalue weighted by atomic mass is 32.2. The van der Waals surface area contributed by atoms with E-state index in [-0.39, 0.29) is 12.8 Å². The summed E-state index contributed by atoms with van der Waals surface area (Å²) in [7, 11) is 0. The first-order chi connectivity index (χ1) is 10.1. The minimum atomic E-state index is -0.767. The van der Waals surface area contributed by atoms with E-state index >= 15 is 0 Å². The summed E-state index contributed by atoms with van der Waals surface area (Å²) in [6, 6.07) is 0. The van der Waals surface area contributed by atoms with Gasteiger partial charge < -0.3 is 10.2 Å². The fraction of sp³-hybridized carbons (Fsp3) is 0.867. The largest absolute Gasteiger partial charge is 0.481 e. The van der Waals surface area contributed by atoms with Crippen LogP contribution >= 0.6 is 23.5 Å². The van der Waals surface area contributed by atoms with E-state index in [2.05, 4.69) is 6.92 Å². The lowest BCUT2D eigenvalue weighted by atomic mass is 10.1. The van der Waals surface area contributed by atoms with Crippen LogP contribution in [0.3, 0.4) is 0 Å². The number of carbonyl (C=O) groups is 2. The Bertz CT molecular complexity index is 265. The molecule has 0 aromatic heterocycles. The topological polar surface area (TPSA) is 74.6 Å². The summed E-state index contributed by atoms with van der Waals surface area (Å²) in [6.45, 7) is 2.20. The van der Waals surface area contributed by atoms with Gasteiger partial charge in [-0.3, -0.25) is 9.59 Å². The van der Waals surface area contributed by atoms with E-state index in [1.807, 2.05) is 0 Å². The first-order valence-corrected chi connectivity index (χ1v) is 9.82. The second-order valence-corrected chi connectivity index (χ2v) is 7.93. The molecule has 0 atom stereocenters. The molecule has 0 bridgehead atoms. The number of hydrogen-bond acceptors (Lipinski definition) is 4. The normalized spacial score (nSPS) is 11.0. The monoisotopic (exact) mass is 336 g/mol. The van der Waals surface area contributed by atoms with Gasteiger partial charge in [-0.15, -0.1) is 23.5 Å². The first kappa shape index (κ1) is 20.6. The van der Waals surface area contributed by atoms with Crippen LogP contribution in [0.4, 0.5) is 0 Å². The van der Waals surface area contributed by atoms with Crippen LogP contribution in [0.2, 0.25) is 0 Å². The SMILES string of the molecule is CCCCCCCCC(SCCC(=O)O)SCCC(=O)O. The predicted octanol–water partition coefficient (Wildman–Crippen LogP) is 4.48. The number of carboxylic acid groups (broad SMARTS) is 2. The van der Waals surface area contributed by atoms with Crippen LogP contribution < -0.4 is 0 Å². The lowest BCUT2D eigenvalue weighted by molar-refractivity contribution is -0.137. The van der Waals surface area contributed by atoms with Crippen LogP contribution in [0.15, 0.2) is 0 Å². The van der Waals surface area contributed by atoms with Crippen molar-refractivity contribution in [2.75, 3.05) is 11.5 Å². The summed E-state index contributed by atoms with van der Waals surface area (Å²) in [5, 5.41) is 17.3. The Morgan fingerprint density at radius 2 is 1.33 bits per heavy atom. The second-order valence-electron chi connectivity index (χ2n) is 5.02. The van der Waals surface area contributed by atoms with Crippen molar-refractivity contribution in [1.29, 1.82) is 0 Å². The fourth-order valence-electron chi connectivity index (χ4n) is 1.86. The van der Waals surface area contributed by atoms with Crippen molar-refractivity contribution in [1.82, 2.24) is 0 Å². The number of thioether (sulfide) groups is 2. The van der Waals surface area contributed by atoms with E-state index in [4.69, 9.17) is 10.2 Å². The Kier molecular flexibility index (Phi) is 14.3. The summed E-state index contributed by atoms with van der Waals surface area (Å²) in [4.78, 5) is 21.1. The first-order valence-electron chi connectivity index (χ1n) is 7.73. The fourth-order valence-corrected chi connectivity index (χ4v) is 4.60. The summed E-state index contributed by atoms with van der Waals surface area (Å²) in [5.41, 5.74) is 0. The maximum absolute atomic E-state index is 10.5. The lowest BCUT2D eigenvalue weighted by Crippen LogP contribution is -2.05. The summed E-state index contributed by atoms with van der Waals surface area (Å²) >= 11 is 3.32. The van der Waals surface area contributed by atoms with Crippen molar-refractivity contribution in [3.05, 3.63) is 0 Å². The maximum Gasteiger partial charge on any atom is 0.304 e. The zero-order valence-corrected chi connectivity index (χ0v) is 14.5. The molecular formula is C15H28O4S2. The molecule has 0 amide bonds. The van der Waals surface area contributed by atoms with Gasteiger partial charge in [0.25, 0.3) is 0 Å². The van der Waals surface area contributed by atoms with Gasteiger partial charge >= 0.3 is 11.9 Å². The maximum atomic E-state index is 10.5. The third kappa shape index (κ3) is 15.8. The van der Waals surface area contributed by atoms with Crippen LogP contribution in [0, 0.1) is 0 Å². The van der Waals surface area contributed by atoms with Gasteiger partial charge in [0.1, 0.15) is 0 Å². The Morgan fingerprint density at radius 3 is 1.81 bits per heavy atom. The Hall–Kier alpha value is -0.360. The number of hydrogen-bond donors (Lipinski definition) is 2. The van der Waals surface area contributed by atoms with E-state index in [1.54, 1.807) is 23.5 Å². The zero-order chi connectivity index (χ0) is 15.9. The van der Waals surface area contributed by atoms with Crippen molar-refractivity contribution < 1.29 is 19.8 Å². The van der Waals surface area contributed by atoms with Crippen molar-refractivity contribution in [2.45, 2.75) is 69.3 Å². The number of carboxylic acids is 2. The lowest BCUT2D eigenvalue weighted by Gasteiger charge is -2.15. The van der Waals surface area contributed by atoms with E-state index in [9.17, 15) is 9.59 Å². The van der Waals surface area contributed by atoms with Crippen LogP contribution in [0.5, 0.6) is 0 Å². The predicted molar refractivity (Wildman–Crippen MR) is 91.2 cm³/mol.